The third-order valence-electron chi connectivity index (χ3n) is 18.6. The molecule has 10 aromatic carbocycles. The molecule has 8 heterocycles. The molecular formula is C96H64N12. The third kappa shape index (κ3) is 15.1. The molecular weight excluding hydrogens is 1320 g/mol. The molecule has 0 radical (unpaired) electrons. The summed E-state index contributed by atoms with van der Waals surface area (Å²) in [5.74, 6) is 3.72. The first-order valence-electron chi connectivity index (χ1n) is 35.5. The van der Waals surface area contributed by atoms with E-state index in [0.29, 0.717) is 34.9 Å². The van der Waals surface area contributed by atoms with Crippen molar-refractivity contribution in [3.8, 4) is 180 Å². The van der Waals surface area contributed by atoms with Gasteiger partial charge in [-0.15, -0.1) is 0 Å². The molecule has 18 aromatic rings. The smallest absolute Gasteiger partial charge is 0.164 e. The summed E-state index contributed by atoms with van der Waals surface area (Å²) < 4.78 is 0. The number of hydrogen-bond acceptors (Lipinski definition) is 12. The average Bonchev–Trinajstić information content (AvgIpc) is 0.726. The Morgan fingerprint density at radius 3 is 0.796 bits per heavy atom. The highest BCUT2D eigenvalue weighted by Crippen LogP contribution is 2.38. The lowest BCUT2D eigenvalue weighted by molar-refractivity contribution is 1.07. The van der Waals surface area contributed by atoms with Gasteiger partial charge in [0.1, 0.15) is 0 Å². The maximum Gasteiger partial charge on any atom is 0.164 e. The molecule has 0 bridgehead atoms. The van der Waals surface area contributed by atoms with Crippen molar-refractivity contribution in [1.82, 2.24) is 59.8 Å². The van der Waals surface area contributed by atoms with Crippen LogP contribution in [0.1, 0.15) is 0 Å². The van der Waals surface area contributed by atoms with E-state index in [1.165, 1.54) is 0 Å². The molecule has 0 atom stereocenters. The average molecular weight is 1390 g/mol. The van der Waals surface area contributed by atoms with Gasteiger partial charge < -0.3 is 0 Å². The van der Waals surface area contributed by atoms with E-state index in [1.54, 1.807) is 31.0 Å². The van der Waals surface area contributed by atoms with E-state index >= 15 is 0 Å². The zero-order chi connectivity index (χ0) is 72.2. The molecule has 18 rings (SSSR count). The van der Waals surface area contributed by atoms with E-state index in [4.69, 9.17) is 39.9 Å². The highest BCUT2D eigenvalue weighted by molar-refractivity contribution is 5.84. The molecule has 0 unspecified atom stereocenters. The Kier molecular flexibility index (Phi) is 19.0. The zero-order valence-electron chi connectivity index (χ0n) is 58.3. The van der Waals surface area contributed by atoms with Gasteiger partial charge in [-0.25, -0.2) is 39.9 Å². The van der Waals surface area contributed by atoms with Gasteiger partial charge in [0.25, 0.3) is 0 Å². The van der Waals surface area contributed by atoms with Gasteiger partial charge in [-0.2, -0.15) is 0 Å². The second-order valence-electron chi connectivity index (χ2n) is 25.7. The van der Waals surface area contributed by atoms with Crippen LogP contribution < -0.4 is 0 Å². The fourth-order valence-electron chi connectivity index (χ4n) is 13.1. The molecule has 0 spiro atoms. The summed E-state index contributed by atoms with van der Waals surface area (Å²) in [6.45, 7) is 0. The van der Waals surface area contributed by atoms with Gasteiger partial charge in [-0.1, -0.05) is 249 Å². The SMILES string of the molecule is c1ccc(-c2ccc(-c3nc(-c4ccccc4)nc(-c4cccc(-c5cccc(-c6cc(-c7cccnc7)nc(-c7cccnc7)c6)c5)c4)n3)cc2)cc1.c1ccc(-c2ccc(-c3nc(-c4ccccc4)nc(-c4cccc(-c5cccc(-c6cc(-c7ccncc7)nc(-c7ccccn7)c6)c5)c4)n3)cc2)cc1. The van der Waals surface area contributed by atoms with Crippen LogP contribution >= 0.6 is 0 Å². The van der Waals surface area contributed by atoms with E-state index in [9.17, 15) is 0 Å². The van der Waals surface area contributed by atoms with Gasteiger partial charge in [0.15, 0.2) is 34.9 Å². The monoisotopic (exact) mass is 1380 g/mol. The minimum Gasteiger partial charge on any atom is -0.265 e. The fourth-order valence-corrected chi connectivity index (χ4v) is 13.1. The largest absolute Gasteiger partial charge is 0.265 e. The van der Waals surface area contributed by atoms with E-state index in [1.807, 2.05) is 140 Å². The number of nitrogens with zero attached hydrogens (tertiary/aromatic N) is 12. The van der Waals surface area contributed by atoms with Crippen LogP contribution in [0.3, 0.4) is 0 Å². The number of hydrogen-bond donors (Lipinski definition) is 0. The first kappa shape index (κ1) is 66.4. The summed E-state index contributed by atoms with van der Waals surface area (Å²) in [7, 11) is 0. The van der Waals surface area contributed by atoms with Gasteiger partial charge in [0.05, 0.1) is 28.5 Å². The van der Waals surface area contributed by atoms with Crippen molar-refractivity contribution < 1.29 is 0 Å². The van der Waals surface area contributed by atoms with Crippen LogP contribution in [0.5, 0.6) is 0 Å². The fraction of sp³-hybridized carbons (Fsp3) is 0. The number of benzene rings is 10. The highest BCUT2D eigenvalue weighted by atomic mass is 15.0. The summed E-state index contributed by atoms with van der Waals surface area (Å²) in [6, 6.07) is 118. The molecule has 0 fully saturated rings. The Labute approximate surface area is 625 Å². The Bertz CT molecular complexity index is 5630. The maximum atomic E-state index is 5.04. The lowest BCUT2D eigenvalue weighted by atomic mass is 9.96. The van der Waals surface area contributed by atoms with Crippen molar-refractivity contribution >= 4 is 0 Å². The van der Waals surface area contributed by atoms with Crippen molar-refractivity contribution in [3.05, 3.63) is 389 Å². The second-order valence-corrected chi connectivity index (χ2v) is 25.7. The molecule has 0 saturated heterocycles. The van der Waals surface area contributed by atoms with Crippen LogP contribution in [0.25, 0.3) is 180 Å². The van der Waals surface area contributed by atoms with Crippen molar-refractivity contribution in [3.63, 3.8) is 0 Å². The second kappa shape index (κ2) is 31.0. The summed E-state index contributed by atoms with van der Waals surface area (Å²) in [4.78, 5) is 57.5. The summed E-state index contributed by atoms with van der Waals surface area (Å²) >= 11 is 0. The van der Waals surface area contributed by atoms with Crippen LogP contribution in [-0.4, -0.2) is 59.8 Å². The van der Waals surface area contributed by atoms with Crippen molar-refractivity contribution in [2.24, 2.45) is 0 Å². The molecule has 508 valence electrons. The summed E-state index contributed by atoms with van der Waals surface area (Å²) in [5.41, 5.74) is 25.7. The van der Waals surface area contributed by atoms with Crippen LogP contribution in [0.15, 0.2) is 389 Å². The molecule has 108 heavy (non-hydrogen) atoms. The molecule has 8 aromatic heterocycles. The first-order chi connectivity index (χ1) is 53.5. The number of pyridine rings is 6. The molecule has 0 aliphatic heterocycles. The van der Waals surface area contributed by atoms with E-state index in [-0.39, 0.29) is 0 Å². The van der Waals surface area contributed by atoms with Crippen molar-refractivity contribution in [2.45, 2.75) is 0 Å². The minimum atomic E-state index is 0.611. The lowest BCUT2D eigenvalue weighted by Crippen LogP contribution is -2.00. The molecule has 0 amide bonds. The Morgan fingerprint density at radius 1 is 0.130 bits per heavy atom. The van der Waals surface area contributed by atoms with Crippen LogP contribution in [0.2, 0.25) is 0 Å². The topological polar surface area (TPSA) is 155 Å². The van der Waals surface area contributed by atoms with Crippen LogP contribution in [0.4, 0.5) is 0 Å². The predicted octanol–water partition coefficient (Wildman–Crippen LogP) is 22.8. The van der Waals surface area contributed by atoms with Gasteiger partial charge in [-0.05, 0) is 164 Å². The van der Waals surface area contributed by atoms with E-state index < -0.39 is 0 Å². The molecule has 12 heteroatoms. The Hall–Kier alpha value is -14.9. The van der Waals surface area contributed by atoms with Gasteiger partial charge in [0.2, 0.25) is 0 Å². The van der Waals surface area contributed by atoms with E-state index in [2.05, 4.69) is 238 Å². The lowest BCUT2D eigenvalue weighted by Gasteiger charge is -2.12. The van der Waals surface area contributed by atoms with Gasteiger partial charge in [-0.3, -0.25) is 19.9 Å². The molecule has 0 aliphatic rings. The first-order valence-corrected chi connectivity index (χ1v) is 35.5. The van der Waals surface area contributed by atoms with Crippen LogP contribution in [0, 0.1) is 0 Å². The zero-order valence-corrected chi connectivity index (χ0v) is 58.3. The summed E-state index contributed by atoms with van der Waals surface area (Å²) in [5, 5.41) is 0. The molecule has 0 N–H and O–H groups in total. The molecule has 0 aliphatic carbocycles. The quantitative estimate of drug-likeness (QED) is 0.0904. The number of rotatable bonds is 16. The predicted molar refractivity (Wildman–Crippen MR) is 433 cm³/mol. The van der Waals surface area contributed by atoms with Gasteiger partial charge in [0, 0.05) is 93.4 Å². The van der Waals surface area contributed by atoms with Crippen molar-refractivity contribution in [1.29, 1.82) is 0 Å². The minimum absolute atomic E-state index is 0.611. The van der Waals surface area contributed by atoms with E-state index in [0.717, 1.165) is 145 Å². The standard InChI is InChI=1S/2C48H32N6/c1-3-11-33(12-4-1)34-21-23-36(24-22-34)47-52-46(35-13-5-2-6-14-35)53-48(54-47)40-18-8-16-38(28-40)37-15-7-17-39(27-37)43-29-44(41-19-9-25-49-31-41)51-45(30-43)42-20-10-26-50-32-42;1-3-11-33(12-4-1)34-20-22-37(23-21-34)47-52-46(36-13-5-2-6-14-36)53-48(54-47)41-18-10-16-39(30-41)38-15-9-17-40(29-38)42-31-44(35-24-27-49-28-25-35)51-45(32-42)43-19-7-8-26-50-43/h2*1-32H. The highest BCUT2D eigenvalue weighted by Gasteiger charge is 2.19. The summed E-state index contributed by atoms with van der Waals surface area (Å²) in [6.07, 6.45) is 12.6. The Morgan fingerprint density at radius 2 is 0.417 bits per heavy atom. The molecule has 0 saturated carbocycles. The number of aromatic nitrogens is 12. The maximum absolute atomic E-state index is 5.04. The van der Waals surface area contributed by atoms with Crippen molar-refractivity contribution in [2.75, 3.05) is 0 Å². The van der Waals surface area contributed by atoms with Crippen LogP contribution in [-0.2, 0) is 0 Å². The van der Waals surface area contributed by atoms with Gasteiger partial charge >= 0.3 is 0 Å². The molecule has 12 nitrogen and oxygen atoms in total. The third-order valence-corrected chi connectivity index (χ3v) is 18.6. The Balaban J connectivity index is 0.000000158. The normalized spacial score (nSPS) is 11.0.